The summed E-state index contributed by atoms with van der Waals surface area (Å²) < 4.78 is 76.8. The fourth-order valence-corrected chi connectivity index (χ4v) is 12.9. The molecule has 14 heteroatoms. The van der Waals surface area contributed by atoms with Crippen LogP contribution in [0, 0.1) is 11.7 Å². The molecule has 1 unspecified atom stereocenters. The predicted octanol–water partition coefficient (Wildman–Crippen LogP) is 14.2. The van der Waals surface area contributed by atoms with E-state index < -0.39 is 31.1 Å². The summed E-state index contributed by atoms with van der Waals surface area (Å²) in [5, 5.41) is -0.723. The van der Waals surface area contributed by atoms with Crippen LogP contribution in [-0.4, -0.2) is 81.0 Å². The van der Waals surface area contributed by atoms with Gasteiger partial charge in [-0.25, -0.2) is 35.9 Å². The molecule has 3 aliphatic rings. The number of nitrogens with zero attached hydrogens (tertiary/aromatic N) is 4. The molecular weight excluding hydrogens is 908 g/mol. The van der Waals surface area contributed by atoms with Crippen LogP contribution in [0.4, 0.5) is 15.9 Å². The average Bonchev–Trinajstić information content (AvgIpc) is 3.31. The highest BCUT2D eigenvalue weighted by Crippen LogP contribution is 2.41. The zero-order valence-electron chi connectivity index (χ0n) is 43.5. The largest absolute Gasteiger partial charge is 0.450 e. The summed E-state index contributed by atoms with van der Waals surface area (Å²) in [4.78, 5) is 14.4. The second-order valence-corrected chi connectivity index (χ2v) is 25.8. The molecule has 3 heterocycles. The molecule has 2 aliphatic heterocycles. The minimum atomic E-state index is -3.78. The van der Waals surface area contributed by atoms with E-state index in [1.165, 1.54) is 179 Å². The highest BCUT2D eigenvalue weighted by Gasteiger charge is 2.42. The van der Waals surface area contributed by atoms with Gasteiger partial charge in [-0.3, -0.25) is 9.62 Å². The molecule has 1 spiro atoms. The summed E-state index contributed by atoms with van der Waals surface area (Å²) >= 11 is 0. The van der Waals surface area contributed by atoms with E-state index in [0.29, 0.717) is 17.5 Å². The molecule has 0 bridgehead atoms. The molecule has 1 aromatic carbocycles. The summed E-state index contributed by atoms with van der Waals surface area (Å²) in [5.74, 6) is 1.16. The first kappa shape index (κ1) is 57.4. The van der Waals surface area contributed by atoms with Crippen LogP contribution in [0.1, 0.15) is 232 Å². The molecule has 1 aromatic heterocycles. The summed E-state index contributed by atoms with van der Waals surface area (Å²) in [5.41, 5.74) is -0.0681. The molecule has 1 atom stereocenters. The van der Waals surface area contributed by atoms with Crippen LogP contribution < -0.4 is 19.1 Å². The van der Waals surface area contributed by atoms with Crippen molar-refractivity contribution in [2.75, 3.05) is 42.1 Å². The van der Waals surface area contributed by atoms with Gasteiger partial charge in [0, 0.05) is 37.3 Å². The van der Waals surface area contributed by atoms with Crippen LogP contribution in [0.3, 0.4) is 0 Å². The molecule has 11 nitrogen and oxygen atoms in total. The second kappa shape index (κ2) is 31.1. The van der Waals surface area contributed by atoms with Gasteiger partial charge in [-0.05, 0) is 89.8 Å². The third-order valence-corrected chi connectivity index (χ3v) is 18.0. The van der Waals surface area contributed by atoms with E-state index in [1.807, 2.05) is 0 Å². The molecule has 2 N–H and O–H groups in total. The fraction of sp³-hybridized carbons (Fsp3) is 0.818. The Morgan fingerprint density at radius 3 is 1.67 bits per heavy atom. The van der Waals surface area contributed by atoms with Crippen molar-refractivity contribution in [1.29, 1.82) is 0 Å². The molecule has 5 rings (SSSR count). The number of benzene rings is 1. The lowest BCUT2D eigenvalue weighted by atomic mass is 9.79. The molecule has 2 saturated heterocycles. The van der Waals surface area contributed by atoms with Gasteiger partial charge < -0.3 is 9.64 Å². The molecule has 2 aromatic rings. The van der Waals surface area contributed by atoms with Crippen LogP contribution in [0.25, 0.3) is 0 Å². The Morgan fingerprint density at radius 1 is 0.667 bits per heavy atom. The molecule has 69 heavy (non-hydrogen) atoms. The summed E-state index contributed by atoms with van der Waals surface area (Å²) in [7, 11) is -7.03. The van der Waals surface area contributed by atoms with Gasteiger partial charge in [0.05, 0.1) is 23.4 Å². The van der Waals surface area contributed by atoms with Crippen molar-refractivity contribution >= 4 is 31.6 Å². The molecule has 0 amide bonds. The Morgan fingerprint density at radius 2 is 1.16 bits per heavy atom. The van der Waals surface area contributed by atoms with Gasteiger partial charge >= 0.3 is 0 Å². The van der Waals surface area contributed by atoms with E-state index in [1.54, 1.807) is 26.4 Å². The van der Waals surface area contributed by atoms with Crippen LogP contribution in [-0.2, 0) is 20.0 Å². The lowest BCUT2D eigenvalue weighted by Crippen LogP contribution is -2.60. The topological polar surface area (TPSA) is 134 Å². The number of anilines is 2. The number of rotatable bonds is 10. The van der Waals surface area contributed by atoms with E-state index in [0.717, 1.165) is 90.0 Å². The molecule has 3 fully saturated rings. The number of halogens is 1. The smallest absolute Gasteiger partial charge is 0.235 e. The van der Waals surface area contributed by atoms with Gasteiger partial charge in [-0.1, -0.05) is 167 Å². The first-order valence-corrected chi connectivity index (χ1v) is 31.5. The Bertz CT molecular complexity index is 1950. The lowest BCUT2D eigenvalue weighted by Gasteiger charge is -2.52. The van der Waals surface area contributed by atoms with Crippen LogP contribution in [0.5, 0.6) is 11.5 Å². The Hall–Kier alpha value is -2.55. The van der Waals surface area contributed by atoms with Crippen LogP contribution in [0.15, 0.2) is 30.7 Å². The first-order valence-electron chi connectivity index (χ1n) is 28.1. The van der Waals surface area contributed by atoms with E-state index in [9.17, 15) is 21.2 Å². The maximum Gasteiger partial charge on any atom is 0.235 e. The second-order valence-electron chi connectivity index (χ2n) is 21.7. The number of hydrogen-bond donors (Lipinski definition) is 2. The zero-order valence-corrected chi connectivity index (χ0v) is 45.1. The van der Waals surface area contributed by atoms with E-state index in [-0.39, 0.29) is 23.0 Å². The Labute approximate surface area is 420 Å². The van der Waals surface area contributed by atoms with Gasteiger partial charge in [0.1, 0.15) is 12.1 Å². The van der Waals surface area contributed by atoms with Gasteiger partial charge in [0.25, 0.3) is 0 Å². The molecule has 1 aliphatic carbocycles. The first-order chi connectivity index (χ1) is 33.3. The highest BCUT2D eigenvalue weighted by atomic mass is 32.2. The van der Waals surface area contributed by atoms with Gasteiger partial charge in [-0.15, -0.1) is 0 Å². The average molecular weight is 1000 g/mol. The van der Waals surface area contributed by atoms with Crippen molar-refractivity contribution < 1.29 is 26.0 Å². The fourth-order valence-electron chi connectivity index (χ4n) is 11.4. The van der Waals surface area contributed by atoms with Crippen molar-refractivity contribution in [2.45, 2.75) is 249 Å². The van der Waals surface area contributed by atoms with E-state index >= 15 is 0 Å². The minimum absolute atomic E-state index is 0.00638. The van der Waals surface area contributed by atoms with Crippen molar-refractivity contribution in [3.8, 4) is 11.5 Å². The van der Waals surface area contributed by atoms with Crippen LogP contribution >= 0.6 is 0 Å². The maximum atomic E-state index is 14.6. The Balaban J connectivity index is 1.34. The standard InChI is InChI=1S/C55H95FN6O5S2/c1-47(2)69(65,66)60-51-42-49(56)34-37-52(51)67-53-43-57-46-58-54(53)61-40-31-39-55(45-61)38-29-27-25-23-21-19-17-15-13-11-9-7-5-4-6-8-10-12-14-16-18-20-22-24-26-28-30-41-62(55)44-48-32-35-50(36-33-48)59-68(3,63)64/h34,37,42-43,46-48,50,59-60H,4-33,35-36,38-41,44-45H2,1-3H3. The van der Waals surface area contributed by atoms with Gasteiger partial charge in [-0.2, -0.15) is 0 Å². The normalized spacial score (nSPS) is 24.9. The molecular formula is C55H95FN6O5S2. The maximum absolute atomic E-state index is 14.6. The highest BCUT2D eigenvalue weighted by molar-refractivity contribution is 7.93. The SMILES string of the molecule is CC(C)S(=O)(=O)Nc1cc(F)ccc1Oc1cncnc1N1CCCC2(CCCCCCCCCCCCCCCCCCCCCCCCCCCCCN2CC2CCC(NS(C)(=O)=O)CC2)C1. The number of piperidine rings is 1. The lowest BCUT2D eigenvalue weighted by molar-refractivity contribution is 0.0359. The summed E-state index contributed by atoms with van der Waals surface area (Å²) in [6.07, 6.45) is 47.7. The number of nitrogens with one attached hydrogen (secondary N) is 2. The van der Waals surface area contributed by atoms with Gasteiger partial charge in [0.15, 0.2) is 17.3 Å². The predicted molar refractivity (Wildman–Crippen MR) is 285 cm³/mol. The van der Waals surface area contributed by atoms with Crippen molar-refractivity contribution in [1.82, 2.24) is 19.6 Å². The Kier molecular flexibility index (Phi) is 25.9. The number of hydrogen-bond acceptors (Lipinski definition) is 9. The van der Waals surface area contributed by atoms with Crippen molar-refractivity contribution in [3.63, 3.8) is 0 Å². The molecule has 0 radical (unpaired) electrons. The monoisotopic (exact) mass is 1000 g/mol. The summed E-state index contributed by atoms with van der Waals surface area (Å²) in [6.45, 7) is 6.77. The third kappa shape index (κ3) is 21.6. The van der Waals surface area contributed by atoms with E-state index in [4.69, 9.17) is 9.72 Å². The zero-order chi connectivity index (χ0) is 49.2. The quantitative estimate of drug-likeness (QED) is 0.239. The van der Waals surface area contributed by atoms with Gasteiger partial charge in [0.2, 0.25) is 20.0 Å². The summed E-state index contributed by atoms with van der Waals surface area (Å²) in [6, 6.07) is 3.89. The minimum Gasteiger partial charge on any atom is -0.450 e. The van der Waals surface area contributed by atoms with Crippen molar-refractivity contribution in [2.24, 2.45) is 5.92 Å². The van der Waals surface area contributed by atoms with Crippen LogP contribution in [0.2, 0.25) is 0 Å². The molecule has 394 valence electrons. The third-order valence-electron chi connectivity index (χ3n) is 15.5. The number of aromatic nitrogens is 2. The molecule has 1 saturated carbocycles. The van der Waals surface area contributed by atoms with E-state index in [2.05, 4.69) is 24.2 Å². The van der Waals surface area contributed by atoms with Crippen molar-refractivity contribution in [3.05, 3.63) is 36.5 Å². The number of ether oxygens (including phenoxy) is 1. The number of sulfonamides is 2.